The van der Waals surface area contributed by atoms with Crippen LogP contribution in [0.4, 0.5) is 8.78 Å². The Morgan fingerprint density at radius 2 is 1.90 bits per heavy atom. The fourth-order valence-corrected chi connectivity index (χ4v) is 1.86. The third-order valence-electron chi connectivity index (χ3n) is 2.90. The van der Waals surface area contributed by atoms with Crippen LogP contribution in [-0.2, 0) is 11.2 Å². The van der Waals surface area contributed by atoms with Crippen LogP contribution in [0.1, 0.15) is 23.0 Å². The second-order valence-corrected chi connectivity index (χ2v) is 4.17. The molecule has 0 unspecified atom stereocenters. The molecule has 0 aliphatic rings. The Hall–Kier alpha value is -2.30. The number of hydrogen-bond donors (Lipinski definition) is 0. The molecule has 0 N–H and O–H groups in total. The van der Waals surface area contributed by atoms with E-state index in [-0.39, 0.29) is 5.56 Å². The molecular weight excluding hydrogens is 264 g/mol. The Kier molecular flexibility index (Phi) is 4.08. The molecule has 0 saturated carbocycles. The van der Waals surface area contributed by atoms with Crippen molar-refractivity contribution >= 4 is 5.97 Å². The highest BCUT2D eigenvalue weighted by Crippen LogP contribution is 2.24. The average molecular weight is 277 g/mol. The van der Waals surface area contributed by atoms with Crippen molar-refractivity contribution < 1.29 is 18.3 Å². The first-order valence-electron chi connectivity index (χ1n) is 6.10. The monoisotopic (exact) mass is 277 g/mol. The van der Waals surface area contributed by atoms with E-state index in [0.29, 0.717) is 5.69 Å². The summed E-state index contributed by atoms with van der Waals surface area (Å²) in [6.07, 6.45) is 0.721. The minimum atomic E-state index is -1.04. The number of halogens is 2. The molecule has 1 aromatic heterocycles. The van der Waals surface area contributed by atoms with Gasteiger partial charge in [0.1, 0.15) is 17.2 Å². The maximum absolute atomic E-state index is 13.8. The van der Waals surface area contributed by atoms with Gasteiger partial charge in [-0.3, -0.25) is 4.98 Å². The highest BCUT2D eigenvalue weighted by Gasteiger charge is 2.20. The van der Waals surface area contributed by atoms with Gasteiger partial charge in [0.15, 0.2) is 0 Å². The van der Waals surface area contributed by atoms with Crippen molar-refractivity contribution in [3.63, 3.8) is 0 Å². The lowest BCUT2D eigenvalue weighted by atomic mass is 10.1. The van der Waals surface area contributed by atoms with Gasteiger partial charge in [-0.15, -0.1) is 0 Å². The molecule has 104 valence electrons. The normalized spacial score (nSPS) is 10.4. The number of ether oxygens (including phenoxy) is 1. The number of nitrogens with zero attached hydrogens (tertiary/aromatic N) is 1. The van der Waals surface area contributed by atoms with Crippen molar-refractivity contribution in [3.05, 3.63) is 53.2 Å². The topological polar surface area (TPSA) is 39.2 Å². The predicted octanol–water partition coefficient (Wildman–Crippen LogP) is 3.38. The first kappa shape index (κ1) is 14.1. The molecule has 0 saturated heterocycles. The second kappa shape index (κ2) is 5.77. The average Bonchev–Trinajstić information content (AvgIpc) is 2.46. The smallest absolute Gasteiger partial charge is 0.343 e. The molecule has 2 aromatic rings. The molecule has 0 aliphatic carbocycles. The third kappa shape index (κ3) is 2.66. The number of benzene rings is 1. The van der Waals surface area contributed by atoms with E-state index < -0.39 is 23.2 Å². The fraction of sp³-hybridized carbons (Fsp3) is 0.200. The molecule has 0 atom stereocenters. The van der Waals surface area contributed by atoms with Crippen LogP contribution in [0.25, 0.3) is 11.3 Å². The van der Waals surface area contributed by atoms with Gasteiger partial charge in [0.05, 0.1) is 12.8 Å². The molecule has 0 spiro atoms. The summed E-state index contributed by atoms with van der Waals surface area (Å²) in [7, 11) is 1.07. The summed E-state index contributed by atoms with van der Waals surface area (Å²) >= 11 is 0. The number of esters is 1. The van der Waals surface area contributed by atoms with Gasteiger partial charge < -0.3 is 4.74 Å². The highest BCUT2D eigenvalue weighted by atomic mass is 19.1. The van der Waals surface area contributed by atoms with Gasteiger partial charge in [-0.2, -0.15) is 0 Å². The summed E-state index contributed by atoms with van der Waals surface area (Å²) in [4.78, 5) is 15.6. The molecule has 0 bridgehead atoms. The van der Waals surface area contributed by atoms with E-state index in [1.54, 1.807) is 12.1 Å². The van der Waals surface area contributed by atoms with Crippen LogP contribution in [0, 0.1) is 11.6 Å². The lowest BCUT2D eigenvalue weighted by molar-refractivity contribution is 0.0590. The van der Waals surface area contributed by atoms with Crippen LogP contribution < -0.4 is 0 Å². The van der Waals surface area contributed by atoms with Crippen LogP contribution in [0.5, 0.6) is 0 Å². The number of carbonyl (C=O) groups excluding carboxylic acids is 1. The minimum Gasteiger partial charge on any atom is -0.465 e. The Morgan fingerprint density at radius 3 is 2.45 bits per heavy atom. The van der Waals surface area contributed by atoms with Gasteiger partial charge in [0.2, 0.25) is 0 Å². The Morgan fingerprint density at radius 1 is 1.25 bits per heavy atom. The van der Waals surface area contributed by atoms with Gasteiger partial charge in [0.25, 0.3) is 0 Å². The first-order chi connectivity index (χ1) is 9.56. The van der Waals surface area contributed by atoms with E-state index in [4.69, 9.17) is 0 Å². The summed E-state index contributed by atoms with van der Waals surface area (Å²) in [5.74, 6) is -2.96. The molecule has 1 heterocycles. The molecule has 0 radical (unpaired) electrons. The summed E-state index contributed by atoms with van der Waals surface area (Å²) in [5.41, 5.74) is 0.866. The van der Waals surface area contributed by atoms with Gasteiger partial charge in [-0.1, -0.05) is 13.0 Å². The fourth-order valence-electron chi connectivity index (χ4n) is 1.86. The van der Waals surface area contributed by atoms with E-state index in [2.05, 4.69) is 9.72 Å². The lowest BCUT2D eigenvalue weighted by Crippen LogP contribution is -2.08. The van der Waals surface area contributed by atoms with Crippen LogP contribution in [0.3, 0.4) is 0 Å². The molecule has 3 nitrogen and oxygen atoms in total. The highest BCUT2D eigenvalue weighted by molar-refractivity contribution is 5.90. The van der Waals surface area contributed by atoms with Crippen LogP contribution in [0.15, 0.2) is 30.3 Å². The number of aryl methyl sites for hydroxylation is 1. The Bertz CT molecular complexity index is 633. The Labute approximate surface area is 115 Å². The third-order valence-corrected chi connectivity index (χ3v) is 2.90. The molecule has 1 aromatic carbocycles. The number of methoxy groups -OCH3 is 1. The van der Waals surface area contributed by atoms with E-state index in [9.17, 15) is 13.6 Å². The molecule has 2 rings (SSSR count). The number of carbonyl (C=O) groups is 1. The number of aromatic nitrogens is 1. The minimum absolute atomic E-state index is 0.281. The zero-order valence-corrected chi connectivity index (χ0v) is 11.1. The van der Waals surface area contributed by atoms with Crippen LogP contribution in [-0.4, -0.2) is 18.1 Å². The van der Waals surface area contributed by atoms with Gasteiger partial charge in [-0.25, -0.2) is 13.6 Å². The molecule has 0 fully saturated rings. The standard InChI is InChI=1S/C15H13F2NO2/c1-3-10-5-4-6-13(18-10)9-7-11(16)14(12(17)8-9)15(19)20-2/h4-8H,3H2,1-2H3. The number of pyridine rings is 1. The SMILES string of the molecule is CCc1cccc(-c2cc(F)c(C(=O)OC)c(F)c2)n1. The second-order valence-electron chi connectivity index (χ2n) is 4.17. The first-order valence-corrected chi connectivity index (χ1v) is 6.10. The largest absolute Gasteiger partial charge is 0.465 e. The molecule has 0 amide bonds. The summed E-state index contributed by atoms with van der Waals surface area (Å²) < 4.78 is 32.0. The van der Waals surface area contributed by atoms with Gasteiger partial charge in [0, 0.05) is 11.3 Å². The van der Waals surface area contributed by atoms with Crippen LogP contribution >= 0.6 is 0 Å². The van der Waals surface area contributed by atoms with E-state index in [1.807, 2.05) is 13.0 Å². The van der Waals surface area contributed by atoms with Crippen molar-refractivity contribution in [1.29, 1.82) is 0 Å². The van der Waals surface area contributed by atoms with E-state index in [1.165, 1.54) is 0 Å². The van der Waals surface area contributed by atoms with Crippen molar-refractivity contribution in [1.82, 2.24) is 4.98 Å². The Balaban J connectivity index is 2.51. The zero-order valence-electron chi connectivity index (χ0n) is 11.1. The lowest BCUT2D eigenvalue weighted by Gasteiger charge is -2.07. The number of rotatable bonds is 3. The molecular formula is C15H13F2NO2. The van der Waals surface area contributed by atoms with E-state index in [0.717, 1.165) is 31.4 Å². The van der Waals surface area contributed by atoms with Crippen LogP contribution in [0.2, 0.25) is 0 Å². The van der Waals surface area contributed by atoms with Crippen molar-refractivity contribution in [2.75, 3.05) is 7.11 Å². The summed E-state index contributed by atoms with van der Waals surface area (Å²) in [5, 5.41) is 0. The molecule has 0 aliphatic heterocycles. The van der Waals surface area contributed by atoms with E-state index >= 15 is 0 Å². The predicted molar refractivity (Wildman–Crippen MR) is 70.3 cm³/mol. The summed E-state index contributed by atoms with van der Waals surface area (Å²) in [6.45, 7) is 1.94. The van der Waals surface area contributed by atoms with Crippen molar-refractivity contribution in [2.24, 2.45) is 0 Å². The quantitative estimate of drug-likeness (QED) is 0.807. The molecule has 20 heavy (non-hydrogen) atoms. The van der Waals surface area contributed by atoms with Crippen molar-refractivity contribution in [2.45, 2.75) is 13.3 Å². The van der Waals surface area contributed by atoms with Gasteiger partial charge in [-0.05, 0) is 30.7 Å². The molecule has 5 heteroatoms. The maximum Gasteiger partial charge on any atom is 0.343 e. The van der Waals surface area contributed by atoms with Gasteiger partial charge >= 0.3 is 5.97 Å². The summed E-state index contributed by atoms with van der Waals surface area (Å²) in [6, 6.07) is 7.42. The maximum atomic E-state index is 13.8. The zero-order chi connectivity index (χ0) is 14.7. The van der Waals surface area contributed by atoms with Crippen molar-refractivity contribution in [3.8, 4) is 11.3 Å². The number of hydrogen-bond acceptors (Lipinski definition) is 3.